The Morgan fingerprint density at radius 2 is 1.46 bits per heavy atom. The number of carbonyl (C=O) groups is 5. The monoisotopic (exact) mass is 647 g/mol. The van der Waals surface area contributed by atoms with Gasteiger partial charge in [-0.05, 0) is 49.8 Å². The van der Waals surface area contributed by atoms with Crippen molar-refractivity contribution in [3.8, 4) is 5.75 Å². The van der Waals surface area contributed by atoms with Gasteiger partial charge in [-0.2, -0.15) is 0 Å². The molecule has 11 nitrogen and oxygen atoms in total. The minimum absolute atomic E-state index is 0.0514. The molecule has 258 valence electrons. The number of allylic oxidation sites excluding steroid dienone is 1. The van der Waals surface area contributed by atoms with E-state index >= 15 is 0 Å². The highest BCUT2D eigenvalue weighted by Gasteiger charge is 2.47. The van der Waals surface area contributed by atoms with Gasteiger partial charge in [0.25, 0.3) is 0 Å². The fraction of sp³-hybridized carbons (Fsp3) is 0.629. The highest BCUT2D eigenvalue weighted by atomic mass is 16.5. The van der Waals surface area contributed by atoms with Crippen molar-refractivity contribution in [1.29, 1.82) is 0 Å². The van der Waals surface area contributed by atoms with Crippen LogP contribution in [-0.2, 0) is 39.9 Å². The van der Waals surface area contributed by atoms with Gasteiger partial charge in [0.1, 0.15) is 18.1 Å². The summed E-state index contributed by atoms with van der Waals surface area (Å²) < 4.78 is 9.99. The van der Waals surface area contributed by atoms with Crippen molar-refractivity contribution in [2.45, 2.75) is 122 Å². The lowest BCUT2D eigenvalue weighted by molar-refractivity contribution is -0.170. The topological polar surface area (TPSA) is 177 Å². The minimum atomic E-state index is -2.60. The number of hydrogen-bond donors (Lipinski definition) is 4. The van der Waals surface area contributed by atoms with Gasteiger partial charge in [-0.15, -0.1) is 0 Å². The standard InChI is InChI=1S/C35H53NO10/c1-4-5-6-9-12-15-30(39)16-13-10-7-8-11-14-17-32(35(44,34(42)43)22-23-45-26(2)37)33(41)36-29(25-46-27(3)38)24-28-18-20-31(40)21-19-28/h14,17-21,29,32,40,44H,4-13,15-16,22-25H2,1-3H3,(H,36,41)(H,42,43)/b17-14+/t29-,32+,35-/m0/s1. The van der Waals surface area contributed by atoms with Gasteiger partial charge in [0.15, 0.2) is 5.60 Å². The van der Waals surface area contributed by atoms with E-state index in [1.807, 2.05) is 0 Å². The molecular formula is C35H53NO10. The van der Waals surface area contributed by atoms with E-state index in [0.717, 1.165) is 45.4 Å². The molecule has 3 atom stereocenters. The van der Waals surface area contributed by atoms with Crippen molar-refractivity contribution < 1.29 is 48.8 Å². The maximum absolute atomic E-state index is 13.6. The molecule has 4 N–H and O–H groups in total. The molecule has 0 aromatic heterocycles. The molecule has 0 aliphatic heterocycles. The molecule has 0 saturated heterocycles. The molecule has 0 fully saturated rings. The zero-order valence-corrected chi connectivity index (χ0v) is 27.6. The highest BCUT2D eigenvalue weighted by Crippen LogP contribution is 2.26. The smallest absolute Gasteiger partial charge is 0.336 e. The number of phenolic OH excluding ortho intramolecular Hbond substituents is 1. The Hall–Kier alpha value is -3.73. The Balaban J connectivity index is 2.90. The van der Waals surface area contributed by atoms with Gasteiger partial charge in [0.2, 0.25) is 5.91 Å². The molecule has 1 aromatic rings. The predicted octanol–water partition coefficient (Wildman–Crippen LogP) is 5.19. The number of aromatic hydroxyl groups is 1. The number of aliphatic carboxylic acids is 1. The number of unbranched alkanes of at least 4 members (excludes halogenated alkanes) is 8. The predicted molar refractivity (Wildman–Crippen MR) is 173 cm³/mol. The van der Waals surface area contributed by atoms with Crippen LogP contribution in [0.2, 0.25) is 0 Å². The minimum Gasteiger partial charge on any atom is -0.508 e. The third-order valence-electron chi connectivity index (χ3n) is 7.67. The van der Waals surface area contributed by atoms with Crippen molar-refractivity contribution in [3.05, 3.63) is 42.0 Å². The molecule has 0 unspecified atom stereocenters. The first-order chi connectivity index (χ1) is 21.9. The second-order valence-corrected chi connectivity index (χ2v) is 11.8. The largest absolute Gasteiger partial charge is 0.508 e. The van der Waals surface area contributed by atoms with Crippen LogP contribution in [0.15, 0.2) is 36.4 Å². The number of aliphatic hydroxyl groups is 1. The summed E-state index contributed by atoms with van der Waals surface area (Å²) in [6.07, 6.45) is 13.2. The van der Waals surface area contributed by atoms with Crippen LogP contribution in [0.4, 0.5) is 0 Å². The number of phenols is 1. The second-order valence-electron chi connectivity index (χ2n) is 11.8. The molecule has 1 amide bonds. The molecule has 0 aliphatic rings. The lowest BCUT2D eigenvalue weighted by atomic mass is 9.83. The Morgan fingerprint density at radius 3 is 2.02 bits per heavy atom. The second kappa shape index (κ2) is 22.7. The molecule has 0 spiro atoms. The maximum atomic E-state index is 13.6. The van der Waals surface area contributed by atoms with E-state index in [4.69, 9.17) is 9.47 Å². The van der Waals surface area contributed by atoms with Crippen molar-refractivity contribution in [2.75, 3.05) is 13.2 Å². The number of amides is 1. The average Bonchev–Trinajstić information content (AvgIpc) is 2.99. The SMILES string of the molecule is CCCCCCCC(=O)CCCCCC/C=C/[C@H](C(=O)N[C@H](COC(C)=O)Cc1ccc(O)cc1)[C@@](O)(CCOC(C)=O)C(=O)O. The molecule has 0 heterocycles. The van der Waals surface area contributed by atoms with E-state index < -0.39 is 54.4 Å². The average molecular weight is 648 g/mol. The summed E-state index contributed by atoms with van der Waals surface area (Å²) in [5.41, 5.74) is -1.89. The number of carbonyl (C=O) groups excluding carboxylic acids is 4. The number of nitrogens with one attached hydrogen (secondary N) is 1. The van der Waals surface area contributed by atoms with Gasteiger partial charge in [-0.25, -0.2) is 4.79 Å². The first-order valence-electron chi connectivity index (χ1n) is 16.4. The van der Waals surface area contributed by atoms with Crippen LogP contribution in [0.3, 0.4) is 0 Å². The third kappa shape index (κ3) is 17.1. The van der Waals surface area contributed by atoms with Crippen LogP contribution >= 0.6 is 0 Å². The Kier molecular flexibility index (Phi) is 19.9. The summed E-state index contributed by atoms with van der Waals surface area (Å²) in [5.74, 6) is -4.91. The number of ketones is 1. The maximum Gasteiger partial charge on any atom is 0.336 e. The summed E-state index contributed by atoms with van der Waals surface area (Å²) in [7, 11) is 0. The Morgan fingerprint density at radius 1 is 0.870 bits per heavy atom. The fourth-order valence-electron chi connectivity index (χ4n) is 5.01. The molecule has 0 bridgehead atoms. The van der Waals surface area contributed by atoms with Gasteiger partial charge in [-0.1, -0.05) is 69.7 Å². The molecule has 0 saturated carbocycles. The number of benzene rings is 1. The summed E-state index contributed by atoms with van der Waals surface area (Å²) in [4.78, 5) is 60.8. The van der Waals surface area contributed by atoms with Crippen molar-refractivity contribution in [3.63, 3.8) is 0 Å². The van der Waals surface area contributed by atoms with Crippen molar-refractivity contribution in [2.24, 2.45) is 5.92 Å². The van der Waals surface area contributed by atoms with Crippen LogP contribution in [0.25, 0.3) is 0 Å². The van der Waals surface area contributed by atoms with Gasteiger partial charge in [-0.3, -0.25) is 19.2 Å². The number of ether oxygens (including phenoxy) is 2. The normalized spacial score (nSPS) is 13.8. The highest BCUT2D eigenvalue weighted by molar-refractivity contribution is 5.90. The van der Waals surface area contributed by atoms with Gasteiger partial charge in [0, 0.05) is 33.1 Å². The van der Waals surface area contributed by atoms with E-state index in [1.165, 1.54) is 44.4 Å². The summed E-state index contributed by atoms with van der Waals surface area (Å²) in [6, 6.07) is 5.44. The lowest BCUT2D eigenvalue weighted by Crippen LogP contribution is -2.54. The van der Waals surface area contributed by atoms with Crippen LogP contribution in [-0.4, -0.2) is 69.8 Å². The van der Waals surface area contributed by atoms with E-state index in [0.29, 0.717) is 30.6 Å². The van der Waals surface area contributed by atoms with Gasteiger partial charge < -0.3 is 30.1 Å². The molecule has 0 radical (unpaired) electrons. The molecule has 1 rings (SSSR count). The Bertz CT molecular complexity index is 1120. The number of carboxylic acids is 1. The first-order valence-corrected chi connectivity index (χ1v) is 16.4. The number of esters is 2. The molecule has 46 heavy (non-hydrogen) atoms. The summed E-state index contributed by atoms with van der Waals surface area (Å²) in [5, 5.41) is 33.6. The van der Waals surface area contributed by atoms with Crippen LogP contribution in [0.1, 0.15) is 110 Å². The molecule has 0 aliphatic carbocycles. The van der Waals surface area contributed by atoms with Crippen LogP contribution < -0.4 is 5.32 Å². The zero-order chi connectivity index (χ0) is 34.4. The van der Waals surface area contributed by atoms with Crippen LogP contribution in [0.5, 0.6) is 5.75 Å². The van der Waals surface area contributed by atoms with E-state index in [2.05, 4.69) is 12.2 Å². The number of carboxylic acid groups (broad SMARTS) is 1. The number of rotatable bonds is 25. The molecular weight excluding hydrogens is 594 g/mol. The van der Waals surface area contributed by atoms with Gasteiger partial charge in [0.05, 0.1) is 18.6 Å². The van der Waals surface area contributed by atoms with Gasteiger partial charge >= 0.3 is 17.9 Å². The van der Waals surface area contributed by atoms with Crippen molar-refractivity contribution >= 4 is 29.6 Å². The molecule has 11 heteroatoms. The van der Waals surface area contributed by atoms with E-state index in [1.54, 1.807) is 18.2 Å². The van der Waals surface area contributed by atoms with E-state index in [9.17, 15) is 39.3 Å². The first kappa shape index (κ1) is 40.3. The Labute approximate surface area is 272 Å². The van der Waals surface area contributed by atoms with Crippen molar-refractivity contribution in [1.82, 2.24) is 5.32 Å². The fourth-order valence-corrected chi connectivity index (χ4v) is 5.01. The number of Topliss-reactive ketones (excluding diaryl/α,β-unsaturated/α-hetero) is 1. The lowest BCUT2D eigenvalue weighted by Gasteiger charge is -2.31. The zero-order valence-electron chi connectivity index (χ0n) is 27.6. The summed E-state index contributed by atoms with van der Waals surface area (Å²) >= 11 is 0. The van der Waals surface area contributed by atoms with E-state index in [-0.39, 0.29) is 18.8 Å². The third-order valence-corrected chi connectivity index (χ3v) is 7.67. The quantitative estimate of drug-likeness (QED) is 0.0627. The van der Waals surface area contributed by atoms with Crippen LogP contribution in [0, 0.1) is 5.92 Å². The molecule has 1 aromatic carbocycles. The number of hydrogen-bond acceptors (Lipinski definition) is 9. The summed E-state index contributed by atoms with van der Waals surface area (Å²) in [6.45, 7) is 3.90.